The minimum atomic E-state index is -4.79. The molecular weight excluding hydrogens is 364 g/mol. The zero-order chi connectivity index (χ0) is 15.7. The average Bonchev–Trinajstić information content (AvgIpc) is 2.88. The van der Waals surface area contributed by atoms with Gasteiger partial charge in [0.15, 0.2) is 0 Å². The summed E-state index contributed by atoms with van der Waals surface area (Å²) in [4.78, 5) is -0.801. The maximum Gasteiger partial charge on any atom is 0.417 e. The Morgan fingerprint density at radius 1 is 1.36 bits per heavy atom. The first kappa shape index (κ1) is 19.5. The number of rotatable bonds is 4. The summed E-state index contributed by atoms with van der Waals surface area (Å²) in [6.45, 7) is 1.53. The Kier molecular flexibility index (Phi) is 6.52. The zero-order valence-corrected chi connectivity index (χ0v) is 13.7. The molecular formula is C12H15Cl2F3N2O2S. The second kappa shape index (κ2) is 7.35. The summed E-state index contributed by atoms with van der Waals surface area (Å²) in [5.41, 5.74) is -1.26. The Morgan fingerprint density at radius 3 is 2.59 bits per heavy atom. The molecule has 0 aromatic heterocycles. The predicted octanol–water partition coefficient (Wildman–Crippen LogP) is 2.67. The molecule has 1 aliphatic rings. The van der Waals surface area contributed by atoms with Crippen LogP contribution in [0.5, 0.6) is 0 Å². The van der Waals surface area contributed by atoms with Crippen LogP contribution in [0, 0.1) is 5.92 Å². The van der Waals surface area contributed by atoms with E-state index in [2.05, 4.69) is 10.0 Å². The first-order valence-electron chi connectivity index (χ1n) is 6.27. The van der Waals surface area contributed by atoms with Gasteiger partial charge in [-0.15, -0.1) is 12.4 Å². The van der Waals surface area contributed by atoms with Crippen LogP contribution in [0.25, 0.3) is 0 Å². The van der Waals surface area contributed by atoms with Crippen LogP contribution >= 0.6 is 24.0 Å². The van der Waals surface area contributed by atoms with Gasteiger partial charge in [-0.05, 0) is 43.6 Å². The van der Waals surface area contributed by atoms with E-state index in [1.54, 1.807) is 0 Å². The molecule has 22 heavy (non-hydrogen) atoms. The van der Waals surface area contributed by atoms with Crippen molar-refractivity contribution in [3.63, 3.8) is 0 Å². The minimum absolute atomic E-state index is 0. The van der Waals surface area contributed by atoms with Gasteiger partial charge in [0.2, 0.25) is 10.0 Å². The van der Waals surface area contributed by atoms with E-state index in [9.17, 15) is 21.6 Å². The monoisotopic (exact) mass is 378 g/mol. The van der Waals surface area contributed by atoms with E-state index in [0.717, 1.165) is 25.1 Å². The molecule has 1 fully saturated rings. The van der Waals surface area contributed by atoms with Crippen molar-refractivity contribution in [1.82, 2.24) is 10.0 Å². The lowest BCUT2D eigenvalue weighted by molar-refractivity contribution is -0.139. The van der Waals surface area contributed by atoms with Gasteiger partial charge in [0.1, 0.15) is 0 Å². The first-order chi connectivity index (χ1) is 9.70. The van der Waals surface area contributed by atoms with E-state index in [-0.39, 0.29) is 29.9 Å². The van der Waals surface area contributed by atoms with Gasteiger partial charge >= 0.3 is 6.18 Å². The van der Waals surface area contributed by atoms with E-state index in [4.69, 9.17) is 11.6 Å². The Morgan fingerprint density at radius 2 is 2.05 bits per heavy atom. The number of halogens is 5. The molecule has 1 heterocycles. The van der Waals surface area contributed by atoms with Crippen molar-refractivity contribution in [2.45, 2.75) is 17.5 Å². The van der Waals surface area contributed by atoms with Crippen LogP contribution in [-0.4, -0.2) is 28.1 Å². The third kappa shape index (κ3) is 4.73. The molecule has 2 rings (SSSR count). The molecule has 1 aromatic rings. The van der Waals surface area contributed by atoms with Crippen molar-refractivity contribution in [3.05, 3.63) is 28.8 Å². The maximum atomic E-state index is 12.9. The van der Waals surface area contributed by atoms with Crippen molar-refractivity contribution < 1.29 is 21.6 Å². The normalized spacial score (nSPS) is 19.0. The molecule has 1 aliphatic heterocycles. The third-order valence-electron chi connectivity index (χ3n) is 3.26. The highest BCUT2D eigenvalue weighted by atomic mass is 35.5. The second-order valence-electron chi connectivity index (χ2n) is 4.85. The van der Waals surface area contributed by atoms with Crippen molar-refractivity contribution in [2.24, 2.45) is 5.92 Å². The van der Waals surface area contributed by atoms with Gasteiger partial charge in [0.05, 0.1) is 10.5 Å². The molecule has 0 spiro atoms. The smallest absolute Gasteiger partial charge is 0.316 e. The van der Waals surface area contributed by atoms with Crippen LogP contribution in [0.15, 0.2) is 23.1 Å². The summed E-state index contributed by atoms with van der Waals surface area (Å²) in [5.74, 6) is 0.0846. The van der Waals surface area contributed by atoms with Gasteiger partial charge in [-0.2, -0.15) is 13.2 Å². The average molecular weight is 379 g/mol. The van der Waals surface area contributed by atoms with Gasteiger partial charge in [0, 0.05) is 11.6 Å². The molecule has 0 aliphatic carbocycles. The number of hydrogen-bond acceptors (Lipinski definition) is 3. The summed E-state index contributed by atoms with van der Waals surface area (Å²) < 4.78 is 65.2. The molecule has 0 saturated carbocycles. The van der Waals surface area contributed by atoms with Gasteiger partial charge in [-0.1, -0.05) is 11.6 Å². The highest BCUT2D eigenvalue weighted by Crippen LogP contribution is 2.35. The SMILES string of the molecule is Cl.O=S(=O)(NCC1CCNC1)c1ccc(Cl)cc1C(F)(F)F. The van der Waals surface area contributed by atoms with E-state index >= 15 is 0 Å². The topological polar surface area (TPSA) is 58.2 Å². The number of nitrogens with one attached hydrogen (secondary N) is 2. The lowest BCUT2D eigenvalue weighted by Crippen LogP contribution is -2.31. The number of benzene rings is 1. The van der Waals surface area contributed by atoms with Gasteiger partial charge in [0.25, 0.3) is 0 Å². The highest BCUT2D eigenvalue weighted by Gasteiger charge is 2.37. The van der Waals surface area contributed by atoms with E-state index < -0.39 is 26.7 Å². The molecule has 0 bridgehead atoms. The van der Waals surface area contributed by atoms with Crippen molar-refractivity contribution in [3.8, 4) is 0 Å². The molecule has 126 valence electrons. The van der Waals surface area contributed by atoms with E-state index in [1.807, 2.05) is 0 Å². The number of hydrogen-bond donors (Lipinski definition) is 2. The summed E-state index contributed by atoms with van der Waals surface area (Å²) >= 11 is 5.53. The fourth-order valence-corrected chi connectivity index (χ4v) is 3.65. The lowest BCUT2D eigenvalue weighted by Gasteiger charge is -2.15. The van der Waals surface area contributed by atoms with Crippen LogP contribution in [0.2, 0.25) is 5.02 Å². The Bertz CT molecular complexity index is 617. The third-order valence-corrected chi connectivity index (χ3v) is 4.98. The Labute approximate surface area is 137 Å². The highest BCUT2D eigenvalue weighted by molar-refractivity contribution is 7.89. The summed E-state index contributed by atoms with van der Waals surface area (Å²) in [7, 11) is -4.23. The molecule has 0 radical (unpaired) electrons. The summed E-state index contributed by atoms with van der Waals surface area (Å²) in [5, 5.41) is 2.89. The van der Waals surface area contributed by atoms with Crippen LogP contribution in [0.4, 0.5) is 13.2 Å². The van der Waals surface area contributed by atoms with Crippen molar-refractivity contribution >= 4 is 34.0 Å². The van der Waals surface area contributed by atoms with Crippen LogP contribution in [-0.2, 0) is 16.2 Å². The van der Waals surface area contributed by atoms with Gasteiger partial charge in [-0.25, -0.2) is 13.1 Å². The maximum absolute atomic E-state index is 12.9. The largest absolute Gasteiger partial charge is 0.417 e. The van der Waals surface area contributed by atoms with Crippen LogP contribution < -0.4 is 10.0 Å². The molecule has 1 aromatic carbocycles. The summed E-state index contributed by atoms with van der Waals surface area (Å²) in [6.07, 6.45) is -4.00. The van der Waals surface area contributed by atoms with Gasteiger partial charge < -0.3 is 5.32 Å². The minimum Gasteiger partial charge on any atom is -0.316 e. The molecule has 10 heteroatoms. The van der Waals surface area contributed by atoms with E-state index in [1.165, 1.54) is 0 Å². The summed E-state index contributed by atoms with van der Waals surface area (Å²) in [6, 6.07) is 2.62. The Hall–Kier alpha value is -0.540. The second-order valence-corrected chi connectivity index (χ2v) is 7.02. The van der Waals surface area contributed by atoms with Crippen LogP contribution in [0.1, 0.15) is 12.0 Å². The molecule has 4 nitrogen and oxygen atoms in total. The molecule has 1 saturated heterocycles. The molecule has 1 atom stereocenters. The van der Waals surface area contributed by atoms with Crippen LogP contribution in [0.3, 0.4) is 0 Å². The quantitative estimate of drug-likeness (QED) is 0.846. The number of sulfonamides is 1. The predicted molar refractivity (Wildman–Crippen MR) is 79.9 cm³/mol. The fraction of sp³-hybridized carbons (Fsp3) is 0.500. The zero-order valence-electron chi connectivity index (χ0n) is 11.3. The molecule has 1 unspecified atom stereocenters. The van der Waals surface area contributed by atoms with Crippen molar-refractivity contribution in [2.75, 3.05) is 19.6 Å². The molecule has 2 N–H and O–H groups in total. The molecule has 0 amide bonds. The first-order valence-corrected chi connectivity index (χ1v) is 8.13. The van der Waals surface area contributed by atoms with Gasteiger partial charge in [-0.3, -0.25) is 0 Å². The standard InChI is InChI=1S/C12H14ClF3N2O2S.ClH/c13-9-1-2-11(10(5-9)12(14,15)16)21(19,20)18-7-8-3-4-17-6-8;/h1-2,5,8,17-18H,3-4,6-7H2;1H. The van der Waals surface area contributed by atoms with E-state index in [0.29, 0.717) is 12.6 Å². The lowest BCUT2D eigenvalue weighted by atomic mass is 10.1. The fourth-order valence-electron chi connectivity index (χ4n) is 2.15. The number of alkyl halides is 3. The van der Waals surface area contributed by atoms with Crippen molar-refractivity contribution in [1.29, 1.82) is 0 Å². The Balaban J connectivity index is 0.00000242.